The summed E-state index contributed by atoms with van der Waals surface area (Å²) in [4.78, 5) is 134. The number of pyridine rings is 2. The fraction of sp³-hybridized carbons (Fsp3) is 0.356. The molecule has 1 atom stereocenters. The van der Waals surface area contributed by atoms with Gasteiger partial charge in [-0.15, -0.1) is 0 Å². The minimum absolute atomic E-state index is 0.0110. The quantitative estimate of drug-likeness (QED) is 0.0538. The fourth-order valence-corrected chi connectivity index (χ4v) is 7.15. The van der Waals surface area contributed by atoms with Crippen LogP contribution in [0, 0.1) is 0 Å². The van der Waals surface area contributed by atoms with Crippen molar-refractivity contribution in [2.75, 3.05) is 70.7 Å². The van der Waals surface area contributed by atoms with Crippen molar-refractivity contribution in [3.63, 3.8) is 0 Å². The van der Waals surface area contributed by atoms with Crippen LogP contribution in [0.2, 0.25) is 0 Å². The predicted octanol–water partition coefficient (Wildman–Crippen LogP) is 0.779. The van der Waals surface area contributed by atoms with Crippen molar-refractivity contribution < 1.29 is 47.9 Å². The number of anilines is 2. The molecule has 9 amide bonds. The highest BCUT2D eigenvalue weighted by Crippen LogP contribution is 2.33. The Morgan fingerprint density at radius 2 is 1.45 bits per heavy atom. The average molecular weight is 919 g/mol. The molecule has 67 heavy (non-hydrogen) atoms. The molecule has 0 radical (unpaired) electrons. The first-order chi connectivity index (χ1) is 32.3. The van der Waals surface area contributed by atoms with Crippen LogP contribution in [-0.2, 0) is 38.3 Å². The standard InChI is InChI=1S/C45H50N12O10/c1-55(38(62)9-5-17-48-31-8-3-7-30-40(31)45(66)57(44(30)65)32-10-11-35(59)54-43(32)64)26-36(60)49-20-22-67-23-21-50-37(61)27-56(2)39(63)13-12-34(58)52-33-25-51-41(28-14-18-46-19-15-28)42(53-33)29-6-4-16-47-24-29/h3-4,6-8,14-16,18-19,24-25,32,48H,5,9-13,17,20-23,26-27H2,1-2H3,(H,49,60)(H,50,61)(H,52,53,58)(H,54,59,64). The second kappa shape index (κ2) is 23.3. The number of ether oxygens (including phenoxy) is 1. The normalized spacial score (nSPS) is 14.2. The van der Waals surface area contributed by atoms with E-state index in [1.165, 1.54) is 36.2 Å². The van der Waals surface area contributed by atoms with Crippen LogP contribution in [0.25, 0.3) is 22.5 Å². The number of rotatable bonds is 22. The average Bonchev–Trinajstić information content (AvgIpc) is 3.58. The van der Waals surface area contributed by atoms with Crippen molar-refractivity contribution in [2.45, 2.75) is 44.6 Å². The van der Waals surface area contributed by atoms with Gasteiger partial charge in [-0.1, -0.05) is 6.07 Å². The number of likely N-dealkylation sites (N-methyl/N-ethyl adjacent to an activating group) is 2. The number of aromatic nitrogens is 4. The highest BCUT2D eigenvalue weighted by atomic mass is 16.5. The van der Waals surface area contributed by atoms with E-state index in [4.69, 9.17) is 4.74 Å². The number of hydrogen-bond acceptors (Lipinski definition) is 15. The van der Waals surface area contributed by atoms with Gasteiger partial charge in [0.25, 0.3) is 11.8 Å². The van der Waals surface area contributed by atoms with E-state index < -0.39 is 53.3 Å². The molecule has 0 saturated carbocycles. The van der Waals surface area contributed by atoms with Crippen molar-refractivity contribution in [1.29, 1.82) is 0 Å². The number of fused-ring (bicyclic) bond motifs is 1. The summed E-state index contributed by atoms with van der Waals surface area (Å²) in [7, 11) is 2.95. The lowest BCUT2D eigenvalue weighted by Gasteiger charge is -2.27. The third-order valence-electron chi connectivity index (χ3n) is 10.6. The van der Waals surface area contributed by atoms with E-state index >= 15 is 0 Å². The zero-order chi connectivity index (χ0) is 47.9. The summed E-state index contributed by atoms with van der Waals surface area (Å²) in [6.45, 7) is 0.416. The van der Waals surface area contributed by atoms with Gasteiger partial charge in [-0.3, -0.25) is 68.3 Å². The molecule has 0 spiro atoms. The molecule has 5 N–H and O–H groups in total. The third-order valence-corrected chi connectivity index (χ3v) is 10.6. The zero-order valence-electron chi connectivity index (χ0n) is 36.9. The lowest BCUT2D eigenvalue weighted by atomic mass is 10.0. The van der Waals surface area contributed by atoms with Gasteiger partial charge in [0.15, 0.2) is 5.82 Å². The van der Waals surface area contributed by atoms with Crippen LogP contribution >= 0.6 is 0 Å². The number of amides is 9. The Labute approximate surface area is 384 Å². The molecule has 22 heteroatoms. The summed E-state index contributed by atoms with van der Waals surface area (Å²) in [5.41, 5.74) is 3.20. The molecule has 22 nitrogen and oxygen atoms in total. The summed E-state index contributed by atoms with van der Waals surface area (Å²) >= 11 is 0. The van der Waals surface area contributed by atoms with Gasteiger partial charge in [-0.2, -0.15) is 0 Å². The van der Waals surface area contributed by atoms with Crippen LogP contribution in [0.1, 0.15) is 59.2 Å². The Bertz CT molecular complexity index is 2510. The van der Waals surface area contributed by atoms with Gasteiger partial charge in [0.2, 0.25) is 41.4 Å². The smallest absolute Gasteiger partial charge is 0.264 e. The van der Waals surface area contributed by atoms with Crippen molar-refractivity contribution >= 4 is 64.7 Å². The maximum atomic E-state index is 13.3. The summed E-state index contributed by atoms with van der Waals surface area (Å²) in [6.07, 6.45) is 8.18. The maximum Gasteiger partial charge on any atom is 0.264 e. The van der Waals surface area contributed by atoms with E-state index in [0.29, 0.717) is 29.1 Å². The maximum absolute atomic E-state index is 13.3. The Hall–Kier alpha value is -8.01. The number of piperidine rings is 1. The fourth-order valence-electron chi connectivity index (χ4n) is 7.15. The third kappa shape index (κ3) is 13.1. The largest absolute Gasteiger partial charge is 0.384 e. The topological polar surface area (TPSA) is 284 Å². The molecule has 1 unspecified atom stereocenters. The Balaban J connectivity index is 0.804. The highest BCUT2D eigenvalue weighted by molar-refractivity contribution is 6.25. The second-order valence-corrected chi connectivity index (χ2v) is 15.5. The Kier molecular flexibility index (Phi) is 16.8. The van der Waals surface area contributed by atoms with E-state index in [2.05, 4.69) is 46.5 Å². The molecule has 2 aliphatic rings. The van der Waals surface area contributed by atoms with E-state index in [1.54, 1.807) is 55.1 Å². The van der Waals surface area contributed by atoms with Crippen LogP contribution < -0.4 is 26.6 Å². The molecule has 1 fully saturated rings. The first-order valence-electron chi connectivity index (χ1n) is 21.5. The molecule has 3 aromatic heterocycles. The van der Waals surface area contributed by atoms with E-state index in [9.17, 15) is 43.2 Å². The number of nitrogens with one attached hydrogen (secondary N) is 5. The lowest BCUT2D eigenvalue weighted by Crippen LogP contribution is -2.54. The van der Waals surface area contributed by atoms with Crippen molar-refractivity contribution in [2.24, 2.45) is 0 Å². The molecular weight excluding hydrogens is 869 g/mol. The summed E-state index contributed by atoms with van der Waals surface area (Å²) in [5, 5.41) is 13.3. The molecule has 350 valence electrons. The number of nitrogens with zero attached hydrogens (tertiary/aromatic N) is 7. The second-order valence-electron chi connectivity index (χ2n) is 15.5. The molecule has 1 aromatic carbocycles. The van der Waals surface area contributed by atoms with Crippen LogP contribution in [0.3, 0.4) is 0 Å². The van der Waals surface area contributed by atoms with E-state index in [-0.39, 0.29) is 101 Å². The molecule has 0 aliphatic carbocycles. The SMILES string of the molecule is CN(CC(=O)NCCOCCNC(=O)CN(C)C(=O)CCC(=O)Nc1cnc(-c2ccncc2)c(-c2cccnc2)n1)C(=O)CCCNc1cccc2c1C(=O)N(C1CCC(=O)NC1=O)C2=O. The summed E-state index contributed by atoms with van der Waals surface area (Å²) in [6, 6.07) is 10.8. The summed E-state index contributed by atoms with van der Waals surface area (Å²) in [5.74, 6) is -4.21. The molecule has 0 bridgehead atoms. The van der Waals surface area contributed by atoms with Gasteiger partial charge in [-0.05, 0) is 49.2 Å². The predicted molar refractivity (Wildman–Crippen MR) is 239 cm³/mol. The minimum Gasteiger partial charge on any atom is -0.384 e. The highest BCUT2D eigenvalue weighted by Gasteiger charge is 2.45. The van der Waals surface area contributed by atoms with Gasteiger partial charge < -0.3 is 35.8 Å². The van der Waals surface area contributed by atoms with Gasteiger partial charge in [0.1, 0.15) is 11.7 Å². The van der Waals surface area contributed by atoms with Crippen LogP contribution in [0.5, 0.6) is 0 Å². The first-order valence-corrected chi connectivity index (χ1v) is 21.5. The molecule has 5 heterocycles. The molecule has 2 aliphatic heterocycles. The number of hydrogen-bond donors (Lipinski definition) is 5. The number of carbonyl (C=O) groups excluding carboxylic acids is 9. The molecule has 4 aromatic rings. The van der Waals surface area contributed by atoms with Gasteiger partial charge in [0, 0.05) is 101 Å². The number of imide groups is 2. The van der Waals surface area contributed by atoms with E-state index in [1.807, 2.05) is 6.07 Å². The monoisotopic (exact) mass is 918 g/mol. The van der Waals surface area contributed by atoms with Crippen LogP contribution in [-0.4, -0.2) is 154 Å². The van der Waals surface area contributed by atoms with Gasteiger partial charge >= 0.3 is 0 Å². The van der Waals surface area contributed by atoms with Crippen LogP contribution in [0.15, 0.2) is 73.4 Å². The van der Waals surface area contributed by atoms with E-state index in [0.717, 1.165) is 10.5 Å². The number of carbonyl (C=O) groups is 9. The Morgan fingerprint density at radius 1 is 0.746 bits per heavy atom. The number of benzene rings is 1. The summed E-state index contributed by atoms with van der Waals surface area (Å²) < 4.78 is 5.47. The van der Waals surface area contributed by atoms with Gasteiger partial charge in [0.05, 0.1) is 49.3 Å². The first kappa shape index (κ1) is 48.4. The Morgan fingerprint density at radius 3 is 2.12 bits per heavy atom. The lowest BCUT2D eigenvalue weighted by molar-refractivity contribution is -0.136. The zero-order valence-corrected chi connectivity index (χ0v) is 36.9. The van der Waals surface area contributed by atoms with Gasteiger partial charge in [-0.25, -0.2) is 4.98 Å². The molecule has 1 saturated heterocycles. The van der Waals surface area contributed by atoms with Crippen molar-refractivity contribution in [1.82, 2.24) is 50.6 Å². The van der Waals surface area contributed by atoms with Crippen molar-refractivity contribution in [3.8, 4) is 22.5 Å². The molecular formula is C45H50N12O10. The molecule has 6 rings (SSSR count). The van der Waals surface area contributed by atoms with Crippen molar-refractivity contribution in [3.05, 3.63) is 84.6 Å². The minimum atomic E-state index is -1.08. The van der Waals surface area contributed by atoms with Crippen LogP contribution in [0.4, 0.5) is 11.5 Å².